The van der Waals surface area contributed by atoms with E-state index >= 15 is 0 Å². The van der Waals surface area contributed by atoms with Crippen molar-refractivity contribution in [2.24, 2.45) is 0 Å². The molecule has 5 aromatic rings. The number of anilines is 2. The van der Waals surface area contributed by atoms with Gasteiger partial charge in [-0.1, -0.05) is 48.1 Å². The fraction of sp³-hybridized carbons (Fsp3) is 0.267. The monoisotopic (exact) mass is 548 g/mol. The first-order valence-corrected chi connectivity index (χ1v) is 14.1. The summed E-state index contributed by atoms with van der Waals surface area (Å²) in [7, 11) is 1.95. The average Bonchev–Trinajstić information content (AvgIpc) is 3.75. The summed E-state index contributed by atoms with van der Waals surface area (Å²) >= 11 is 1.36. The van der Waals surface area contributed by atoms with Crippen LogP contribution >= 0.6 is 11.3 Å². The third-order valence-corrected chi connectivity index (χ3v) is 8.25. The molecule has 10 heteroatoms. The molecule has 0 N–H and O–H groups in total. The van der Waals surface area contributed by atoms with Crippen molar-refractivity contribution in [2.75, 3.05) is 25.0 Å². The lowest BCUT2D eigenvalue weighted by molar-refractivity contribution is 0.0780. The van der Waals surface area contributed by atoms with E-state index in [1.165, 1.54) is 11.3 Å². The fourth-order valence-electron chi connectivity index (χ4n) is 5.02. The van der Waals surface area contributed by atoms with Gasteiger partial charge in [-0.2, -0.15) is 5.26 Å². The summed E-state index contributed by atoms with van der Waals surface area (Å²) in [5.41, 5.74) is 6.20. The number of likely N-dealkylation sites (tertiary alicyclic amines) is 1. The topological polar surface area (TPSA) is 103 Å². The van der Waals surface area contributed by atoms with Gasteiger partial charge in [-0.25, -0.2) is 19.9 Å². The summed E-state index contributed by atoms with van der Waals surface area (Å²) in [6, 6.07) is 14.3. The zero-order chi connectivity index (χ0) is 27.8. The molecule has 200 valence electrons. The number of nitriles is 1. The molecule has 0 saturated carbocycles. The van der Waals surface area contributed by atoms with Crippen molar-refractivity contribution in [1.82, 2.24) is 29.2 Å². The minimum absolute atomic E-state index is 0.115. The number of aryl methyl sites for hydroxylation is 2. The van der Waals surface area contributed by atoms with Gasteiger partial charge in [-0.15, -0.1) is 0 Å². The summed E-state index contributed by atoms with van der Waals surface area (Å²) in [5.74, 6) is 0.995. The van der Waals surface area contributed by atoms with Crippen molar-refractivity contribution in [2.45, 2.75) is 33.1 Å². The Morgan fingerprint density at radius 2 is 1.73 bits per heavy atom. The molecule has 1 saturated heterocycles. The highest BCUT2D eigenvalue weighted by Gasteiger charge is 2.23. The average molecular weight is 549 g/mol. The Morgan fingerprint density at radius 3 is 2.40 bits per heavy atom. The van der Waals surface area contributed by atoms with Crippen LogP contribution in [0.2, 0.25) is 0 Å². The molecule has 40 heavy (non-hydrogen) atoms. The number of carbonyl (C=O) groups is 1. The normalized spacial score (nSPS) is 13.1. The Kier molecular flexibility index (Phi) is 6.74. The second kappa shape index (κ2) is 10.5. The molecule has 6 rings (SSSR count). The van der Waals surface area contributed by atoms with E-state index in [2.05, 4.69) is 23.0 Å². The van der Waals surface area contributed by atoms with Gasteiger partial charge in [0.1, 0.15) is 28.1 Å². The molecule has 4 aromatic heterocycles. The number of aromatic nitrogens is 5. The molecule has 9 nitrogen and oxygen atoms in total. The van der Waals surface area contributed by atoms with E-state index in [1.807, 2.05) is 70.8 Å². The summed E-state index contributed by atoms with van der Waals surface area (Å²) < 4.78 is 2.04. The van der Waals surface area contributed by atoms with Gasteiger partial charge in [0.05, 0.1) is 5.69 Å². The number of pyridine rings is 1. The summed E-state index contributed by atoms with van der Waals surface area (Å²) in [6.45, 7) is 5.64. The molecule has 1 aliphatic rings. The maximum atomic E-state index is 12.7. The fourth-order valence-corrected chi connectivity index (χ4v) is 5.87. The number of nitrogens with zero attached hydrogens (tertiary/aromatic N) is 8. The zero-order valence-electron chi connectivity index (χ0n) is 22.6. The van der Waals surface area contributed by atoms with E-state index in [9.17, 15) is 10.1 Å². The van der Waals surface area contributed by atoms with Crippen LogP contribution in [0.5, 0.6) is 0 Å². The van der Waals surface area contributed by atoms with Crippen molar-refractivity contribution in [3.05, 3.63) is 76.9 Å². The Balaban J connectivity index is 1.36. The first kappa shape index (κ1) is 25.6. The van der Waals surface area contributed by atoms with Crippen LogP contribution in [0.25, 0.3) is 28.0 Å². The number of fused-ring (bicyclic) bond motifs is 1. The summed E-state index contributed by atoms with van der Waals surface area (Å²) in [4.78, 5) is 35.6. The minimum Gasteiger partial charge on any atom is -0.336 e. The van der Waals surface area contributed by atoms with E-state index in [0.717, 1.165) is 71.8 Å². The standard InChI is InChI=1S/C30H28N8OS/c1-4-23-28(36(3)30-35-26(24(15-31)40-30)20-9-7-19(2)8-10-20)38-18-21(11-12-25(38)34-23)22-16-32-27(33-17-22)29(39)37-13-5-6-14-37/h7-12,16-18H,4-6,13-14H2,1-3H3. The van der Waals surface area contributed by atoms with Crippen molar-refractivity contribution in [1.29, 1.82) is 5.26 Å². The Morgan fingerprint density at radius 1 is 1.02 bits per heavy atom. The van der Waals surface area contributed by atoms with Crippen molar-refractivity contribution >= 4 is 33.8 Å². The van der Waals surface area contributed by atoms with E-state index in [0.29, 0.717) is 15.7 Å². The lowest BCUT2D eigenvalue weighted by Crippen LogP contribution is -2.29. The van der Waals surface area contributed by atoms with Crippen molar-refractivity contribution < 1.29 is 4.79 Å². The molecular formula is C30H28N8OS. The van der Waals surface area contributed by atoms with Gasteiger partial charge >= 0.3 is 0 Å². The maximum absolute atomic E-state index is 12.7. The van der Waals surface area contributed by atoms with Gasteiger partial charge in [0.25, 0.3) is 5.91 Å². The van der Waals surface area contributed by atoms with Gasteiger partial charge in [0.2, 0.25) is 5.82 Å². The van der Waals surface area contributed by atoms with Crippen LogP contribution in [0, 0.1) is 18.3 Å². The molecule has 0 spiro atoms. The van der Waals surface area contributed by atoms with Gasteiger partial charge < -0.3 is 9.80 Å². The number of imidazole rings is 1. The van der Waals surface area contributed by atoms with Gasteiger partial charge in [-0.3, -0.25) is 9.20 Å². The summed E-state index contributed by atoms with van der Waals surface area (Å²) in [6.07, 6.45) is 8.19. The predicted octanol–water partition coefficient (Wildman–Crippen LogP) is 5.66. The van der Waals surface area contributed by atoms with E-state index in [4.69, 9.17) is 9.97 Å². The Bertz CT molecular complexity index is 1740. The lowest BCUT2D eigenvalue weighted by atomic mass is 10.1. The van der Waals surface area contributed by atoms with Crippen LogP contribution in [0.4, 0.5) is 10.9 Å². The van der Waals surface area contributed by atoms with Crippen LogP contribution in [-0.2, 0) is 6.42 Å². The highest BCUT2D eigenvalue weighted by Crippen LogP contribution is 2.37. The number of hydrogen-bond donors (Lipinski definition) is 0. The second-order valence-electron chi connectivity index (χ2n) is 9.89. The molecule has 1 aliphatic heterocycles. The van der Waals surface area contributed by atoms with Crippen LogP contribution in [0.15, 0.2) is 55.0 Å². The van der Waals surface area contributed by atoms with E-state index in [1.54, 1.807) is 12.4 Å². The molecular weight excluding hydrogens is 520 g/mol. The van der Waals surface area contributed by atoms with Crippen molar-refractivity contribution in [3.63, 3.8) is 0 Å². The van der Waals surface area contributed by atoms with Gasteiger partial charge in [0.15, 0.2) is 5.13 Å². The van der Waals surface area contributed by atoms with Crippen molar-refractivity contribution in [3.8, 4) is 28.5 Å². The molecule has 1 amide bonds. The molecule has 0 unspecified atom stereocenters. The minimum atomic E-state index is -0.115. The first-order valence-electron chi connectivity index (χ1n) is 13.3. The lowest BCUT2D eigenvalue weighted by Gasteiger charge is -2.17. The van der Waals surface area contributed by atoms with Crippen LogP contribution in [0.1, 0.15) is 46.5 Å². The Labute approximate surface area is 236 Å². The van der Waals surface area contributed by atoms with E-state index < -0.39 is 0 Å². The van der Waals surface area contributed by atoms with Crippen LogP contribution in [-0.4, -0.2) is 55.3 Å². The zero-order valence-corrected chi connectivity index (χ0v) is 23.4. The summed E-state index contributed by atoms with van der Waals surface area (Å²) in [5, 5.41) is 10.6. The third kappa shape index (κ3) is 4.58. The number of carbonyl (C=O) groups excluding carboxylic acids is 1. The predicted molar refractivity (Wildman–Crippen MR) is 156 cm³/mol. The molecule has 1 fully saturated rings. The molecule has 1 aromatic carbocycles. The van der Waals surface area contributed by atoms with Crippen LogP contribution in [0.3, 0.4) is 0 Å². The number of amides is 1. The number of rotatable bonds is 6. The molecule has 0 aliphatic carbocycles. The largest absolute Gasteiger partial charge is 0.336 e. The van der Waals surface area contributed by atoms with Crippen LogP contribution < -0.4 is 4.90 Å². The quantitative estimate of drug-likeness (QED) is 0.270. The van der Waals surface area contributed by atoms with Gasteiger partial charge in [-0.05, 0) is 38.3 Å². The molecule has 5 heterocycles. The number of benzene rings is 1. The molecule has 0 bridgehead atoms. The Hall–Kier alpha value is -4.62. The highest BCUT2D eigenvalue weighted by atomic mass is 32.1. The number of thiazole rings is 1. The second-order valence-corrected chi connectivity index (χ2v) is 10.9. The SMILES string of the molecule is CCc1nc2ccc(-c3cnc(C(=O)N4CCCC4)nc3)cn2c1N(C)c1nc(-c2ccc(C)cc2)c(C#N)s1. The first-order chi connectivity index (χ1) is 19.5. The van der Waals surface area contributed by atoms with E-state index in [-0.39, 0.29) is 11.7 Å². The van der Waals surface area contributed by atoms with Gasteiger partial charge in [0, 0.05) is 55.4 Å². The molecule has 0 radical (unpaired) electrons. The highest BCUT2D eigenvalue weighted by molar-refractivity contribution is 7.16. The smallest absolute Gasteiger partial charge is 0.291 e. The third-order valence-electron chi connectivity index (χ3n) is 7.21. The maximum Gasteiger partial charge on any atom is 0.291 e. The number of hydrogen-bond acceptors (Lipinski definition) is 8. The molecule has 0 atom stereocenters.